The van der Waals surface area contributed by atoms with Crippen LogP contribution in [0.2, 0.25) is 0 Å². The van der Waals surface area contributed by atoms with Crippen molar-refractivity contribution in [2.45, 2.75) is 32.9 Å². The summed E-state index contributed by atoms with van der Waals surface area (Å²) in [4.78, 5) is 0. The standard InChI is InChI=1S/C15H19BrFN3/c1-3-18-15(5-11-9-19-20(4-2)10-11)12-6-13(16)8-14(17)7-12/h6-10,15,18H,3-5H2,1-2H3. The molecule has 0 spiro atoms. The van der Waals surface area contributed by atoms with Gasteiger partial charge in [0.1, 0.15) is 5.82 Å². The Balaban J connectivity index is 2.21. The highest BCUT2D eigenvalue weighted by atomic mass is 79.9. The third-order valence-corrected chi connectivity index (χ3v) is 3.65. The first kappa shape index (κ1) is 15.2. The van der Waals surface area contributed by atoms with E-state index >= 15 is 0 Å². The maximum absolute atomic E-state index is 13.6. The Morgan fingerprint density at radius 1 is 1.35 bits per heavy atom. The van der Waals surface area contributed by atoms with Gasteiger partial charge < -0.3 is 5.32 Å². The minimum Gasteiger partial charge on any atom is -0.310 e. The van der Waals surface area contributed by atoms with Gasteiger partial charge in [-0.25, -0.2) is 4.39 Å². The predicted octanol–water partition coefficient (Wildman–Crippen LogP) is 3.70. The van der Waals surface area contributed by atoms with E-state index in [9.17, 15) is 4.39 Å². The van der Waals surface area contributed by atoms with Crippen molar-refractivity contribution in [2.24, 2.45) is 0 Å². The summed E-state index contributed by atoms with van der Waals surface area (Å²) in [5.74, 6) is -0.221. The largest absolute Gasteiger partial charge is 0.310 e. The number of aromatic nitrogens is 2. The topological polar surface area (TPSA) is 29.9 Å². The van der Waals surface area contributed by atoms with Gasteiger partial charge in [0.2, 0.25) is 0 Å². The van der Waals surface area contributed by atoms with E-state index in [0.29, 0.717) is 0 Å². The van der Waals surface area contributed by atoms with E-state index in [1.165, 1.54) is 6.07 Å². The number of aryl methyl sites for hydroxylation is 1. The van der Waals surface area contributed by atoms with Crippen LogP contribution in [0.15, 0.2) is 35.1 Å². The molecule has 20 heavy (non-hydrogen) atoms. The van der Waals surface area contributed by atoms with Gasteiger partial charge in [0, 0.05) is 23.3 Å². The third kappa shape index (κ3) is 3.90. The molecule has 1 unspecified atom stereocenters. The Morgan fingerprint density at radius 2 is 2.15 bits per heavy atom. The molecule has 3 nitrogen and oxygen atoms in total. The number of nitrogens with zero attached hydrogens (tertiary/aromatic N) is 2. The van der Waals surface area contributed by atoms with E-state index in [1.54, 1.807) is 6.07 Å². The normalized spacial score (nSPS) is 12.6. The van der Waals surface area contributed by atoms with Gasteiger partial charge >= 0.3 is 0 Å². The molecule has 0 saturated heterocycles. The minimum atomic E-state index is -0.221. The first-order valence-corrected chi connectivity index (χ1v) is 7.62. The van der Waals surface area contributed by atoms with Gasteiger partial charge in [-0.1, -0.05) is 22.9 Å². The molecular weight excluding hydrogens is 321 g/mol. The van der Waals surface area contributed by atoms with Crippen LogP contribution in [0.5, 0.6) is 0 Å². The molecule has 0 radical (unpaired) electrons. The lowest BCUT2D eigenvalue weighted by atomic mass is 10.0. The first-order chi connectivity index (χ1) is 9.62. The predicted molar refractivity (Wildman–Crippen MR) is 82.1 cm³/mol. The van der Waals surface area contributed by atoms with Crippen LogP contribution in [0.25, 0.3) is 0 Å². The molecule has 1 atom stereocenters. The molecule has 1 N–H and O–H groups in total. The SMILES string of the molecule is CCNC(Cc1cnn(CC)c1)c1cc(F)cc(Br)c1. The van der Waals surface area contributed by atoms with Crippen molar-refractivity contribution >= 4 is 15.9 Å². The smallest absolute Gasteiger partial charge is 0.124 e. The summed E-state index contributed by atoms with van der Waals surface area (Å²) < 4.78 is 16.2. The number of hydrogen-bond acceptors (Lipinski definition) is 2. The highest BCUT2D eigenvalue weighted by Gasteiger charge is 2.14. The van der Waals surface area contributed by atoms with Crippen molar-refractivity contribution in [3.05, 3.63) is 52.0 Å². The summed E-state index contributed by atoms with van der Waals surface area (Å²) in [7, 11) is 0. The van der Waals surface area contributed by atoms with Crippen molar-refractivity contribution in [3.63, 3.8) is 0 Å². The fourth-order valence-electron chi connectivity index (χ4n) is 2.25. The summed E-state index contributed by atoms with van der Waals surface area (Å²) in [6, 6.07) is 5.10. The zero-order chi connectivity index (χ0) is 14.5. The number of benzene rings is 1. The van der Waals surface area contributed by atoms with Gasteiger partial charge in [0.25, 0.3) is 0 Å². The van der Waals surface area contributed by atoms with E-state index < -0.39 is 0 Å². The molecule has 1 heterocycles. The van der Waals surface area contributed by atoms with Crippen molar-refractivity contribution in [1.82, 2.24) is 15.1 Å². The highest BCUT2D eigenvalue weighted by molar-refractivity contribution is 9.10. The summed E-state index contributed by atoms with van der Waals surface area (Å²) >= 11 is 3.35. The Kier molecular flexibility index (Phi) is 5.31. The fraction of sp³-hybridized carbons (Fsp3) is 0.400. The van der Waals surface area contributed by atoms with E-state index in [4.69, 9.17) is 0 Å². The molecule has 108 valence electrons. The van der Waals surface area contributed by atoms with Crippen LogP contribution < -0.4 is 5.32 Å². The van der Waals surface area contributed by atoms with Gasteiger partial charge in [-0.3, -0.25) is 4.68 Å². The van der Waals surface area contributed by atoms with Crippen LogP contribution in [0, 0.1) is 5.82 Å². The lowest BCUT2D eigenvalue weighted by Gasteiger charge is -2.18. The molecule has 0 aliphatic carbocycles. The molecule has 1 aromatic carbocycles. The van der Waals surface area contributed by atoms with Gasteiger partial charge in [0.05, 0.1) is 6.20 Å². The lowest BCUT2D eigenvalue weighted by Crippen LogP contribution is -2.23. The van der Waals surface area contributed by atoms with Gasteiger partial charge in [-0.05, 0) is 49.2 Å². The zero-order valence-electron chi connectivity index (χ0n) is 11.7. The summed E-state index contributed by atoms with van der Waals surface area (Å²) in [6.07, 6.45) is 4.71. The molecule has 0 aliphatic heterocycles. The number of nitrogens with one attached hydrogen (secondary N) is 1. The molecule has 2 rings (SSSR count). The van der Waals surface area contributed by atoms with Crippen molar-refractivity contribution < 1.29 is 4.39 Å². The Labute approximate surface area is 127 Å². The van der Waals surface area contributed by atoms with Gasteiger partial charge in [0.15, 0.2) is 0 Å². The molecule has 0 bridgehead atoms. The Bertz CT molecular complexity index is 548. The molecule has 1 aromatic heterocycles. The Hall–Kier alpha value is -1.20. The first-order valence-electron chi connectivity index (χ1n) is 6.83. The highest BCUT2D eigenvalue weighted by Crippen LogP contribution is 2.23. The molecule has 2 aromatic rings. The monoisotopic (exact) mass is 339 g/mol. The molecule has 0 fully saturated rings. The van der Waals surface area contributed by atoms with E-state index in [2.05, 4.69) is 40.2 Å². The third-order valence-electron chi connectivity index (χ3n) is 3.19. The number of halogens is 2. The van der Waals surface area contributed by atoms with Crippen molar-refractivity contribution in [2.75, 3.05) is 6.54 Å². The maximum atomic E-state index is 13.6. The van der Waals surface area contributed by atoms with Crippen LogP contribution >= 0.6 is 15.9 Å². The average Bonchev–Trinajstić information content (AvgIpc) is 2.85. The fourth-order valence-corrected chi connectivity index (χ4v) is 2.73. The summed E-state index contributed by atoms with van der Waals surface area (Å²) in [5.41, 5.74) is 2.10. The molecule has 0 amide bonds. The second kappa shape index (κ2) is 6.99. The van der Waals surface area contributed by atoms with Crippen LogP contribution in [-0.4, -0.2) is 16.3 Å². The van der Waals surface area contributed by atoms with Crippen LogP contribution in [0.4, 0.5) is 4.39 Å². The van der Waals surface area contributed by atoms with Crippen LogP contribution in [0.1, 0.15) is 31.0 Å². The average molecular weight is 340 g/mol. The van der Waals surface area contributed by atoms with E-state index in [0.717, 1.165) is 35.1 Å². The molecule has 0 aliphatic rings. The second-order valence-electron chi connectivity index (χ2n) is 4.72. The number of hydrogen-bond donors (Lipinski definition) is 1. The number of likely N-dealkylation sites (N-methyl/N-ethyl adjacent to an activating group) is 1. The zero-order valence-corrected chi connectivity index (χ0v) is 13.3. The summed E-state index contributed by atoms with van der Waals surface area (Å²) in [6.45, 7) is 5.80. The van der Waals surface area contributed by atoms with Crippen LogP contribution in [-0.2, 0) is 13.0 Å². The minimum absolute atomic E-state index is 0.0847. The van der Waals surface area contributed by atoms with Crippen molar-refractivity contribution in [1.29, 1.82) is 0 Å². The van der Waals surface area contributed by atoms with Crippen LogP contribution in [0.3, 0.4) is 0 Å². The molecular formula is C15H19BrFN3. The Morgan fingerprint density at radius 3 is 2.75 bits per heavy atom. The number of rotatable bonds is 6. The van der Waals surface area contributed by atoms with Gasteiger partial charge in [-0.2, -0.15) is 5.10 Å². The second-order valence-corrected chi connectivity index (χ2v) is 5.64. The van der Waals surface area contributed by atoms with E-state index in [1.807, 2.05) is 23.1 Å². The molecule has 0 saturated carbocycles. The lowest BCUT2D eigenvalue weighted by molar-refractivity contribution is 0.541. The quantitative estimate of drug-likeness (QED) is 0.869. The summed E-state index contributed by atoms with van der Waals surface area (Å²) in [5, 5.41) is 7.69. The molecule has 5 heteroatoms. The van der Waals surface area contributed by atoms with Gasteiger partial charge in [-0.15, -0.1) is 0 Å². The maximum Gasteiger partial charge on any atom is 0.124 e. The van der Waals surface area contributed by atoms with E-state index in [-0.39, 0.29) is 11.9 Å². The van der Waals surface area contributed by atoms with Crippen molar-refractivity contribution in [3.8, 4) is 0 Å².